The highest BCUT2D eigenvalue weighted by atomic mass is 32.1. The van der Waals surface area contributed by atoms with E-state index in [0.717, 1.165) is 17.4 Å². The number of hydrogen-bond donors (Lipinski definition) is 1. The Morgan fingerprint density at radius 2 is 2.05 bits per heavy atom. The van der Waals surface area contributed by atoms with E-state index in [2.05, 4.69) is 11.8 Å². The number of hydrogen-bond acceptors (Lipinski definition) is 4. The average Bonchev–Trinajstić information content (AvgIpc) is 3.22. The van der Waals surface area contributed by atoms with Gasteiger partial charge in [-0.15, -0.1) is 0 Å². The first-order valence-corrected chi connectivity index (χ1v) is 7.77. The number of nitrogens with two attached hydrogens (primary N) is 1. The van der Waals surface area contributed by atoms with Crippen LogP contribution in [0.1, 0.15) is 36.3 Å². The minimum atomic E-state index is -0.217. The molecule has 0 amide bonds. The smallest absolute Gasteiger partial charge is 0.190 e. The third kappa shape index (κ3) is 2.55. The second-order valence-corrected chi connectivity index (χ2v) is 6.07. The van der Waals surface area contributed by atoms with Crippen LogP contribution in [0.25, 0.3) is 0 Å². The molecule has 3 rings (SSSR count). The second-order valence-electron chi connectivity index (χ2n) is 5.00. The van der Waals surface area contributed by atoms with Gasteiger partial charge in [0.15, 0.2) is 5.13 Å². The molecule has 2 N–H and O–H groups in total. The summed E-state index contributed by atoms with van der Waals surface area (Å²) in [6.07, 6.45) is 2.44. The highest BCUT2D eigenvalue weighted by Gasteiger charge is 2.30. The molecule has 0 aliphatic heterocycles. The fourth-order valence-electron chi connectivity index (χ4n) is 2.34. The van der Waals surface area contributed by atoms with Gasteiger partial charge in [0.25, 0.3) is 0 Å². The summed E-state index contributed by atoms with van der Waals surface area (Å²) in [5.74, 6) is 0.385. The average molecular weight is 291 g/mol. The van der Waals surface area contributed by atoms with Crippen LogP contribution in [0.15, 0.2) is 24.3 Å². The van der Waals surface area contributed by atoms with Gasteiger partial charge < -0.3 is 10.6 Å². The van der Waals surface area contributed by atoms with E-state index >= 15 is 0 Å². The predicted octanol–water partition coefficient (Wildman–Crippen LogP) is 3.78. The molecule has 1 aromatic heterocycles. The Morgan fingerprint density at radius 1 is 1.35 bits per heavy atom. The lowest BCUT2D eigenvalue weighted by atomic mass is 10.2. The zero-order valence-electron chi connectivity index (χ0n) is 11.5. The molecule has 106 valence electrons. The molecule has 1 aliphatic carbocycles. The molecule has 0 spiro atoms. The normalized spacial score (nSPS) is 14.6. The van der Waals surface area contributed by atoms with Crippen molar-refractivity contribution in [1.29, 1.82) is 0 Å². The molecule has 0 unspecified atom stereocenters. The van der Waals surface area contributed by atoms with Gasteiger partial charge >= 0.3 is 0 Å². The van der Waals surface area contributed by atoms with Crippen molar-refractivity contribution in [3.8, 4) is 0 Å². The molecule has 20 heavy (non-hydrogen) atoms. The summed E-state index contributed by atoms with van der Waals surface area (Å²) in [4.78, 5) is 8.07. The zero-order chi connectivity index (χ0) is 14.1. The van der Waals surface area contributed by atoms with Crippen LogP contribution in [0.3, 0.4) is 0 Å². The molecule has 1 fully saturated rings. The Kier molecular flexibility index (Phi) is 3.72. The van der Waals surface area contributed by atoms with E-state index in [0.29, 0.717) is 12.5 Å². The highest BCUT2D eigenvalue weighted by Crippen LogP contribution is 2.44. The molecular weight excluding hydrogens is 273 g/mol. The van der Waals surface area contributed by atoms with Crippen molar-refractivity contribution in [2.24, 2.45) is 5.73 Å². The first kappa shape index (κ1) is 13.5. The summed E-state index contributed by atoms with van der Waals surface area (Å²) < 4.78 is 13.0. The van der Waals surface area contributed by atoms with Crippen LogP contribution in [0.5, 0.6) is 0 Å². The first-order valence-electron chi connectivity index (χ1n) is 6.95. The van der Waals surface area contributed by atoms with E-state index in [4.69, 9.17) is 10.7 Å². The van der Waals surface area contributed by atoms with Crippen molar-refractivity contribution < 1.29 is 4.39 Å². The van der Waals surface area contributed by atoms with Crippen molar-refractivity contribution in [2.45, 2.75) is 32.2 Å². The summed E-state index contributed by atoms with van der Waals surface area (Å²) >= 11 is 1.66. The second kappa shape index (κ2) is 5.50. The number of benzene rings is 1. The number of aromatic nitrogens is 1. The summed E-state index contributed by atoms with van der Waals surface area (Å²) in [5, 5.41) is 0.960. The van der Waals surface area contributed by atoms with E-state index in [1.54, 1.807) is 23.5 Å². The SMILES string of the molecule is CCN(c1ccc(F)cc1)c1nc(C2CC2)c(CN)s1. The van der Waals surface area contributed by atoms with Crippen molar-refractivity contribution in [2.75, 3.05) is 11.4 Å². The van der Waals surface area contributed by atoms with Crippen molar-refractivity contribution >= 4 is 22.2 Å². The fourth-order valence-corrected chi connectivity index (χ4v) is 3.45. The van der Waals surface area contributed by atoms with Crippen LogP contribution >= 0.6 is 11.3 Å². The van der Waals surface area contributed by atoms with E-state index < -0.39 is 0 Å². The monoisotopic (exact) mass is 291 g/mol. The largest absolute Gasteiger partial charge is 0.326 e. The van der Waals surface area contributed by atoms with E-state index in [-0.39, 0.29) is 5.82 Å². The molecule has 0 saturated heterocycles. The van der Waals surface area contributed by atoms with Crippen LogP contribution in [-0.2, 0) is 6.54 Å². The van der Waals surface area contributed by atoms with Gasteiger partial charge in [0.1, 0.15) is 5.82 Å². The van der Waals surface area contributed by atoms with Crippen LogP contribution in [0.2, 0.25) is 0 Å². The Balaban J connectivity index is 1.94. The standard InChI is InChI=1S/C15H18FN3S/c1-2-19(12-7-5-11(16)6-8-12)15-18-14(10-3-4-10)13(9-17)20-15/h5-8,10H,2-4,9,17H2,1H3. The third-order valence-electron chi connectivity index (χ3n) is 3.55. The topological polar surface area (TPSA) is 42.2 Å². The Bertz CT molecular complexity index is 590. The van der Waals surface area contributed by atoms with Gasteiger partial charge in [-0.2, -0.15) is 0 Å². The van der Waals surface area contributed by atoms with Crippen LogP contribution in [0.4, 0.5) is 15.2 Å². The van der Waals surface area contributed by atoms with Crippen LogP contribution in [0, 0.1) is 5.82 Å². The lowest BCUT2D eigenvalue weighted by Gasteiger charge is -2.19. The number of rotatable bonds is 5. The van der Waals surface area contributed by atoms with E-state index in [9.17, 15) is 4.39 Å². The minimum Gasteiger partial charge on any atom is -0.326 e. The quantitative estimate of drug-likeness (QED) is 0.911. The van der Waals surface area contributed by atoms with Gasteiger partial charge in [-0.05, 0) is 44.0 Å². The third-order valence-corrected chi connectivity index (χ3v) is 4.67. The Labute approximate surface area is 122 Å². The minimum absolute atomic E-state index is 0.217. The predicted molar refractivity (Wildman–Crippen MR) is 81.1 cm³/mol. The fraction of sp³-hybridized carbons (Fsp3) is 0.400. The molecule has 1 heterocycles. The molecule has 5 heteroatoms. The van der Waals surface area contributed by atoms with Gasteiger partial charge in [-0.1, -0.05) is 11.3 Å². The first-order chi connectivity index (χ1) is 9.72. The molecule has 0 atom stereocenters. The number of nitrogens with zero attached hydrogens (tertiary/aromatic N) is 2. The van der Waals surface area contributed by atoms with Gasteiger partial charge in [-0.25, -0.2) is 9.37 Å². The zero-order valence-corrected chi connectivity index (χ0v) is 12.3. The summed E-state index contributed by atoms with van der Waals surface area (Å²) in [5.41, 5.74) is 7.97. The molecular formula is C15H18FN3S. The molecule has 1 aliphatic rings. The number of thiazole rings is 1. The number of anilines is 2. The highest BCUT2D eigenvalue weighted by molar-refractivity contribution is 7.15. The molecule has 1 aromatic carbocycles. The lowest BCUT2D eigenvalue weighted by Crippen LogP contribution is -2.15. The summed E-state index contributed by atoms with van der Waals surface area (Å²) in [6.45, 7) is 3.42. The summed E-state index contributed by atoms with van der Waals surface area (Å²) in [6, 6.07) is 6.55. The van der Waals surface area contributed by atoms with Gasteiger partial charge in [0.2, 0.25) is 0 Å². The van der Waals surface area contributed by atoms with Gasteiger partial charge in [0.05, 0.1) is 5.69 Å². The Morgan fingerprint density at radius 3 is 2.60 bits per heavy atom. The molecule has 3 nitrogen and oxygen atoms in total. The molecule has 0 radical (unpaired) electrons. The van der Waals surface area contributed by atoms with Crippen molar-refractivity contribution in [3.63, 3.8) is 0 Å². The number of halogens is 1. The van der Waals surface area contributed by atoms with E-state index in [1.165, 1.54) is 35.5 Å². The maximum atomic E-state index is 13.0. The van der Waals surface area contributed by atoms with E-state index in [1.807, 2.05) is 0 Å². The maximum absolute atomic E-state index is 13.0. The molecule has 2 aromatic rings. The lowest BCUT2D eigenvalue weighted by molar-refractivity contribution is 0.628. The molecule has 1 saturated carbocycles. The van der Waals surface area contributed by atoms with Gasteiger partial charge in [-0.3, -0.25) is 0 Å². The van der Waals surface area contributed by atoms with Crippen molar-refractivity contribution in [3.05, 3.63) is 40.7 Å². The van der Waals surface area contributed by atoms with Crippen molar-refractivity contribution in [1.82, 2.24) is 4.98 Å². The van der Waals surface area contributed by atoms with Gasteiger partial charge in [0, 0.05) is 29.6 Å². The maximum Gasteiger partial charge on any atom is 0.190 e. The summed E-state index contributed by atoms with van der Waals surface area (Å²) in [7, 11) is 0. The Hall–Kier alpha value is -1.46. The van der Waals surface area contributed by atoms with Crippen LogP contribution < -0.4 is 10.6 Å². The molecule has 0 bridgehead atoms. The van der Waals surface area contributed by atoms with Crippen LogP contribution in [-0.4, -0.2) is 11.5 Å².